The van der Waals surface area contributed by atoms with Gasteiger partial charge in [0.1, 0.15) is 0 Å². The van der Waals surface area contributed by atoms with E-state index in [0.29, 0.717) is 0 Å². The Morgan fingerprint density at radius 3 is 1.67 bits per heavy atom. The van der Waals surface area contributed by atoms with Crippen molar-refractivity contribution in [1.29, 1.82) is 0 Å². The van der Waals surface area contributed by atoms with E-state index in [0.717, 1.165) is 0 Å². The standard InChI is InChI=1S/C5H10.Al.Ca.ClH.H2O.2H/c1-3-5-4-2;;;;;;/h1-5H2;;;1H;1H2;;/q;+1;;;;;/p-1. The van der Waals surface area contributed by atoms with Gasteiger partial charge in [0.25, 0.3) is 0 Å². The maximum atomic E-state index is 5.96. The van der Waals surface area contributed by atoms with Crippen molar-refractivity contribution in [2.75, 3.05) is 0 Å². The zero-order chi connectivity index (χ0) is 5.11. The largest absolute Gasteiger partial charge is 0.399 e. The number of rotatable bonds is 0. The maximum absolute atomic E-state index is 5.96. The first kappa shape index (κ1) is 13.6. The van der Waals surface area contributed by atoms with Crippen molar-refractivity contribution in [3.8, 4) is 0 Å². The summed E-state index contributed by atoms with van der Waals surface area (Å²) < 4.78 is 0. The molecule has 1 heterocycles. The summed E-state index contributed by atoms with van der Waals surface area (Å²) in [5, 5.41) is 2.78. The minimum Gasteiger partial charge on any atom is -0.261 e. The fourth-order valence-electron chi connectivity index (χ4n) is 1.05. The van der Waals surface area contributed by atoms with Crippen LogP contribution in [0.3, 0.4) is 0 Å². The van der Waals surface area contributed by atoms with E-state index in [2.05, 4.69) is 0 Å². The first-order chi connectivity index (χ1) is 3.39. The SMILES string of the molecule is O.[CaH2].[Cl][Al]1[CH2]CCC[CH2]1. The minimum atomic E-state index is -0.622. The van der Waals surface area contributed by atoms with Gasteiger partial charge in [-0.2, -0.15) is 0 Å². The summed E-state index contributed by atoms with van der Waals surface area (Å²) >= 11 is -0.622. The van der Waals surface area contributed by atoms with Crippen LogP contribution in [0.2, 0.25) is 10.6 Å². The Hall–Kier alpha value is 2.04. The summed E-state index contributed by atoms with van der Waals surface area (Å²) in [5.41, 5.74) is 0. The molecular weight excluding hydrogens is 179 g/mol. The monoisotopic (exact) mass is 192 g/mol. The molecule has 0 saturated carbocycles. The third-order valence-electron chi connectivity index (χ3n) is 1.53. The molecule has 1 nitrogen and oxygen atoms in total. The van der Waals surface area contributed by atoms with Gasteiger partial charge < -0.3 is 5.48 Å². The van der Waals surface area contributed by atoms with Crippen LogP contribution in [0.1, 0.15) is 19.3 Å². The molecule has 4 heteroatoms. The second-order valence-electron chi connectivity index (χ2n) is 2.24. The van der Waals surface area contributed by atoms with Crippen molar-refractivity contribution in [1.82, 2.24) is 0 Å². The van der Waals surface area contributed by atoms with E-state index < -0.39 is 13.2 Å². The van der Waals surface area contributed by atoms with Crippen molar-refractivity contribution in [3.63, 3.8) is 0 Å². The van der Waals surface area contributed by atoms with E-state index in [1.165, 1.54) is 29.8 Å². The molecule has 52 valence electrons. The smallest absolute Gasteiger partial charge is 0.261 e. The van der Waals surface area contributed by atoms with Gasteiger partial charge in [-0.25, -0.2) is 0 Å². The van der Waals surface area contributed by atoms with E-state index in [9.17, 15) is 0 Å². The minimum absolute atomic E-state index is 0. The fraction of sp³-hybridized carbons (Fsp3) is 1.00. The first-order valence-electron chi connectivity index (χ1n) is 3.03. The number of hydrogen-bond donors (Lipinski definition) is 0. The molecule has 1 fully saturated rings. The second-order valence-corrected chi connectivity index (χ2v) is 6.44. The third-order valence-corrected chi connectivity index (χ3v) is 4.91. The van der Waals surface area contributed by atoms with Gasteiger partial charge >= 0.3 is 51.0 Å². The molecule has 2 N–H and O–H groups in total. The van der Waals surface area contributed by atoms with Crippen LogP contribution < -0.4 is 0 Å². The predicted octanol–water partition coefficient (Wildman–Crippen LogP) is 0.660. The molecule has 0 spiro atoms. The maximum Gasteiger partial charge on any atom is 0.399 e. The Morgan fingerprint density at radius 2 is 1.44 bits per heavy atom. The van der Waals surface area contributed by atoms with Gasteiger partial charge in [-0.3, -0.25) is 10.0 Å². The summed E-state index contributed by atoms with van der Waals surface area (Å²) in [5.74, 6) is 0. The van der Waals surface area contributed by atoms with Gasteiger partial charge in [-0.05, 0) is 0 Å². The van der Waals surface area contributed by atoms with Gasteiger partial charge in [-0.15, -0.1) is 0 Å². The van der Waals surface area contributed by atoms with Crippen molar-refractivity contribution in [3.05, 3.63) is 0 Å². The van der Waals surface area contributed by atoms with Gasteiger partial charge in [0, 0.05) is 0 Å². The molecule has 1 saturated heterocycles. The molecule has 0 amide bonds. The van der Waals surface area contributed by atoms with Crippen molar-refractivity contribution >= 4 is 61.0 Å². The van der Waals surface area contributed by atoms with Crippen LogP contribution in [0.4, 0.5) is 0 Å². The topological polar surface area (TPSA) is 31.5 Å². The summed E-state index contributed by atoms with van der Waals surface area (Å²) in [6.07, 6.45) is 4.27. The van der Waals surface area contributed by atoms with Crippen LogP contribution in [-0.4, -0.2) is 56.4 Å². The quantitative estimate of drug-likeness (QED) is 0.505. The van der Waals surface area contributed by atoms with Crippen LogP contribution >= 0.6 is 10.0 Å². The average molecular weight is 193 g/mol. The normalized spacial score (nSPS) is 17.7. The van der Waals surface area contributed by atoms with E-state index in [1.807, 2.05) is 0 Å². The molecule has 0 aromatic heterocycles. The summed E-state index contributed by atoms with van der Waals surface area (Å²) in [6.45, 7) is 0. The summed E-state index contributed by atoms with van der Waals surface area (Å²) in [6, 6.07) is 0. The van der Waals surface area contributed by atoms with Crippen molar-refractivity contribution < 1.29 is 5.48 Å². The van der Waals surface area contributed by atoms with Crippen molar-refractivity contribution in [2.45, 2.75) is 29.8 Å². The Balaban J connectivity index is 0. The summed E-state index contributed by atoms with van der Waals surface area (Å²) in [4.78, 5) is 0. The Labute approximate surface area is 95.0 Å². The average Bonchev–Trinajstić information content (AvgIpc) is 1.69. The van der Waals surface area contributed by atoms with Gasteiger partial charge in [0.15, 0.2) is 0 Å². The molecule has 0 aliphatic carbocycles. The van der Waals surface area contributed by atoms with E-state index >= 15 is 0 Å². The van der Waals surface area contributed by atoms with E-state index in [4.69, 9.17) is 10.0 Å². The van der Waals surface area contributed by atoms with E-state index in [1.54, 1.807) is 0 Å². The Morgan fingerprint density at radius 1 is 1.00 bits per heavy atom. The van der Waals surface area contributed by atoms with Crippen LogP contribution in [0.5, 0.6) is 0 Å². The number of halogens is 1. The molecule has 0 atom stereocenters. The number of hydrogen-bond acceptors (Lipinski definition) is 0. The molecule has 1 aliphatic heterocycles. The van der Waals surface area contributed by atoms with E-state index in [-0.39, 0.29) is 43.2 Å². The third kappa shape index (κ3) is 6.44. The Bertz CT molecular complexity index is 58.9. The second kappa shape index (κ2) is 8.14. The van der Waals surface area contributed by atoms with Gasteiger partial charge in [0.2, 0.25) is 0 Å². The molecular formula is C5H14AlCaClO. The van der Waals surface area contributed by atoms with Crippen LogP contribution in [0, 0.1) is 0 Å². The molecule has 0 unspecified atom stereocenters. The molecule has 0 radical (unpaired) electrons. The van der Waals surface area contributed by atoms with Gasteiger partial charge in [0.05, 0.1) is 0 Å². The van der Waals surface area contributed by atoms with Gasteiger partial charge in [-0.1, -0.05) is 29.8 Å². The predicted molar refractivity (Wildman–Crippen MR) is 47.2 cm³/mol. The van der Waals surface area contributed by atoms with Crippen molar-refractivity contribution in [2.24, 2.45) is 0 Å². The Kier molecular flexibility index (Phi) is 12.3. The zero-order valence-corrected chi connectivity index (χ0v) is 6.90. The van der Waals surface area contributed by atoms with Crippen LogP contribution in [-0.2, 0) is 0 Å². The van der Waals surface area contributed by atoms with Crippen LogP contribution in [0.15, 0.2) is 0 Å². The van der Waals surface area contributed by atoms with Crippen LogP contribution in [0.25, 0.3) is 0 Å². The molecule has 0 aromatic carbocycles. The molecule has 1 rings (SSSR count). The zero-order valence-electron chi connectivity index (χ0n) is 4.99. The molecule has 0 aromatic rings. The molecule has 1 aliphatic rings. The fourth-order valence-corrected chi connectivity index (χ4v) is 3.73. The molecule has 0 bridgehead atoms. The molecule has 9 heavy (non-hydrogen) atoms. The first-order valence-corrected chi connectivity index (χ1v) is 6.41. The summed E-state index contributed by atoms with van der Waals surface area (Å²) in [7, 11) is 5.96.